The first kappa shape index (κ1) is 8.05. The molecule has 0 radical (unpaired) electrons. The average molecular weight is 228 g/mol. The summed E-state index contributed by atoms with van der Waals surface area (Å²) in [5.74, 6) is 0.676. The van der Waals surface area contributed by atoms with E-state index in [1.54, 1.807) is 0 Å². The van der Waals surface area contributed by atoms with Gasteiger partial charge in [0.25, 0.3) is 0 Å². The highest BCUT2D eigenvalue weighted by Gasteiger charge is 2.25. The molecule has 0 spiro atoms. The number of hydrogen-bond donors (Lipinski definition) is 1. The fraction of sp³-hybridized carbons (Fsp3) is 0.444. The minimum absolute atomic E-state index is 0.147. The maximum Gasteiger partial charge on any atom is 0.224 e. The molecule has 1 unspecified atom stereocenters. The highest BCUT2D eigenvalue weighted by molar-refractivity contribution is 9.11. The van der Waals surface area contributed by atoms with Gasteiger partial charge in [0, 0.05) is 22.5 Å². The molecule has 0 aromatic carbocycles. The van der Waals surface area contributed by atoms with Gasteiger partial charge in [0.1, 0.15) is 0 Å². The minimum Gasteiger partial charge on any atom is -0.328 e. The zero-order valence-electron chi connectivity index (χ0n) is 6.64. The van der Waals surface area contributed by atoms with Crippen LogP contribution in [0.1, 0.15) is 19.3 Å². The molecular weight excluding hydrogens is 218 g/mol. The number of hydrogen-bond acceptors (Lipinski definition) is 1. The summed E-state index contributed by atoms with van der Waals surface area (Å²) in [6, 6.07) is 0. The third kappa shape index (κ3) is 1.33. The quantitative estimate of drug-likeness (QED) is 0.675. The smallest absolute Gasteiger partial charge is 0.224 e. The molecule has 1 amide bonds. The standard InChI is InChI=1S/C9H10BrNO/c10-7-3-1-2-6-4-5-8(12)11-9(6)7/h1,3,6H,2,4-5H2,(H,11,12). The van der Waals surface area contributed by atoms with E-state index in [-0.39, 0.29) is 5.91 Å². The molecule has 0 saturated carbocycles. The Labute approximate surface area is 79.8 Å². The highest BCUT2D eigenvalue weighted by Crippen LogP contribution is 2.32. The lowest BCUT2D eigenvalue weighted by Crippen LogP contribution is -2.34. The Morgan fingerprint density at radius 1 is 1.58 bits per heavy atom. The largest absolute Gasteiger partial charge is 0.328 e. The van der Waals surface area contributed by atoms with Crippen LogP contribution in [-0.4, -0.2) is 5.91 Å². The molecule has 0 bridgehead atoms. The van der Waals surface area contributed by atoms with E-state index in [0.717, 1.165) is 23.0 Å². The van der Waals surface area contributed by atoms with Crippen molar-refractivity contribution in [3.05, 3.63) is 22.3 Å². The number of nitrogens with one attached hydrogen (secondary N) is 1. The van der Waals surface area contributed by atoms with Crippen molar-refractivity contribution in [2.75, 3.05) is 0 Å². The van der Waals surface area contributed by atoms with Gasteiger partial charge in [-0.2, -0.15) is 0 Å². The molecule has 2 nitrogen and oxygen atoms in total. The summed E-state index contributed by atoms with van der Waals surface area (Å²) < 4.78 is 1.03. The topological polar surface area (TPSA) is 29.1 Å². The van der Waals surface area contributed by atoms with E-state index in [1.165, 1.54) is 0 Å². The van der Waals surface area contributed by atoms with Crippen molar-refractivity contribution in [3.63, 3.8) is 0 Å². The predicted molar refractivity (Wildman–Crippen MR) is 50.6 cm³/mol. The molecule has 0 aromatic rings. The van der Waals surface area contributed by atoms with Crippen LogP contribution in [0.4, 0.5) is 0 Å². The molecule has 12 heavy (non-hydrogen) atoms. The van der Waals surface area contributed by atoms with Crippen molar-refractivity contribution in [3.8, 4) is 0 Å². The molecule has 1 saturated heterocycles. The molecule has 1 atom stereocenters. The Balaban J connectivity index is 2.28. The van der Waals surface area contributed by atoms with Gasteiger partial charge in [-0.15, -0.1) is 0 Å². The highest BCUT2D eigenvalue weighted by atomic mass is 79.9. The summed E-state index contributed by atoms with van der Waals surface area (Å²) in [7, 11) is 0. The summed E-state index contributed by atoms with van der Waals surface area (Å²) in [4.78, 5) is 11.1. The van der Waals surface area contributed by atoms with Crippen molar-refractivity contribution in [1.82, 2.24) is 5.32 Å². The van der Waals surface area contributed by atoms with Crippen LogP contribution >= 0.6 is 15.9 Å². The molecule has 64 valence electrons. The Hall–Kier alpha value is -0.570. The Morgan fingerprint density at radius 2 is 2.42 bits per heavy atom. The minimum atomic E-state index is 0.147. The SMILES string of the molecule is O=C1CCC2CC=CC(Br)=C2N1. The lowest BCUT2D eigenvalue weighted by atomic mass is 9.89. The first-order valence-electron chi connectivity index (χ1n) is 4.13. The molecule has 0 aromatic heterocycles. The second-order valence-electron chi connectivity index (χ2n) is 3.18. The first-order valence-corrected chi connectivity index (χ1v) is 4.93. The van der Waals surface area contributed by atoms with Crippen LogP contribution in [0.25, 0.3) is 0 Å². The second kappa shape index (κ2) is 3.05. The molecule has 1 aliphatic heterocycles. The van der Waals surface area contributed by atoms with Crippen molar-refractivity contribution >= 4 is 21.8 Å². The van der Waals surface area contributed by atoms with E-state index >= 15 is 0 Å². The Bertz CT molecular complexity index is 280. The number of piperidine rings is 1. The third-order valence-corrected chi connectivity index (χ3v) is 3.04. The summed E-state index contributed by atoms with van der Waals surface area (Å²) in [6.07, 6.45) is 6.88. The van der Waals surface area contributed by atoms with Crippen LogP contribution in [0, 0.1) is 5.92 Å². The van der Waals surface area contributed by atoms with E-state index in [9.17, 15) is 4.79 Å². The van der Waals surface area contributed by atoms with Crippen LogP contribution in [0.3, 0.4) is 0 Å². The van der Waals surface area contributed by atoms with Gasteiger partial charge in [0.2, 0.25) is 5.91 Å². The van der Waals surface area contributed by atoms with Gasteiger partial charge in [0.15, 0.2) is 0 Å². The molecule has 2 aliphatic rings. The maximum atomic E-state index is 11.1. The zero-order chi connectivity index (χ0) is 8.55. The normalized spacial score (nSPS) is 28.4. The number of carbonyl (C=O) groups is 1. The van der Waals surface area contributed by atoms with Crippen LogP contribution in [0.2, 0.25) is 0 Å². The monoisotopic (exact) mass is 227 g/mol. The lowest BCUT2D eigenvalue weighted by Gasteiger charge is -2.27. The van der Waals surface area contributed by atoms with Crippen LogP contribution < -0.4 is 5.32 Å². The van der Waals surface area contributed by atoms with Crippen molar-refractivity contribution in [1.29, 1.82) is 0 Å². The van der Waals surface area contributed by atoms with E-state index in [4.69, 9.17) is 0 Å². The van der Waals surface area contributed by atoms with Gasteiger partial charge in [-0.1, -0.05) is 12.2 Å². The maximum absolute atomic E-state index is 11.1. The molecule has 2 rings (SSSR count). The summed E-state index contributed by atoms with van der Waals surface area (Å²) in [6.45, 7) is 0. The molecule has 1 heterocycles. The summed E-state index contributed by atoms with van der Waals surface area (Å²) >= 11 is 3.44. The molecule has 1 fully saturated rings. The van der Waals surface area contributed by atoms with Crippen LogP contribution in [0.5, 0.6) is 0 Å². The number of halogens is 1. The van der Waals surface area contributed by atoms with E-state index < -0.39 is 0 Å². The summed E-state index contributed by atoms with van der Waals surface area (Å²) in [5.41, 5.74) is 1.08. The second-order valence-corrected chi connectivity index (χ2v) is 4.04. The molecule has 1 N–H and O–H groups in total. The Kier molecular flexibility index (Phi) is 2.05. The van der Waals surface area contributed by atoms with Gasteiger partial charge in [0.05, 0.1) is 0 Å². The third-order valence-electron chi connectivity index (χ3n) is 2.34. The van der Waals surface area contributed by atoms with Crippen molar-refractivity contribution in [2.24, 2.45) is 5.92 Å². The number of fused-ring (bicyclic) bond motifs is 1. The number of rotatable bonds is 0. The van der Waals surface area contributed by atoms with Crippen molar-refractivity contribution < 1.29 is 4.79 Å². The van der Waals surface area contributed by atoms with Gasteiger partial charge >= 0.3 is 0 Å². The van der Waals surface area contributed by atoms with E-state index in [1.807, 2.05) is 6.08 Å². The summed E-state index contributed by atoms with van der Waals surface area (Å²) in [5, 5.41) is 2.91. The number of amides is 1. The van der Waals surface area contributed by atoms with E-state index in [2.05, 4.69) is 27.3 Å². The zero-order valence-corrected chi connectivity index (χ0v) is 8.23. The fourth-order valence-electron chi connectivity index (χ4n) is 1.68. The average Bonchev–Trinajstić information content (AvgIpc) is 2.07. The van der Waals surface area contributed by atoms with Crippen LogP contribution in [0.15, 0.2) is 22.3 Å². The van der Waals surface area contributed by atoms with Crippen LogP contribution in [-0.2, 0) is 4.79 Å². The number of allylic oxidation sites excluding steroid dienone is 4. The molecule has 3 heteroatoms. The molecular formula is C9H10BrNO. The van der Waals surface area contributed by atoms with Gasteiger partial charge in [-0.05, 0) is 28.8 Å². The fourth-order valence-corrected chi connectivity index (χ4v) is 2.29. The Morgan fingerprint density at radius 3 is 3.25 bits per heavy atom. The number of carbonyl (C=O) groups excluding carboxylic acids is 1. The predicted octanol–water partition coefficient (Wildman–Crippen LogP) is 2.08. The lowest BCUT2D eigenvalue weighted by molar-refractivity contribution is -0.121. The molecule has 1 aliphatic carbocycles. The van der Waals surface area contributed by atoms with Crippen molar-refractivity contribution in [2.45, 2.75) is 19.3 Å². The van der Waals surface area contributed by atoms with Gasteiger partial charge < -0.3 is 5.32 Å². The van der Waals surface area contributed by atoms with Gasteiger partial charge in [-0.3, -0.25) is 4.79 Å². The first-order chi connectivity index (χ1) is 5.77. The van der Waals surface area contributed by atoms with Gasteiger partial charge in [-0.25, -0.2) is 0 Å². The van der Waals surface area contributed by atoms with E-state index in [0.29, 0.717) is 12.3 Å².